The Bertz CT molecular complexity index is 739. The van der Waals surface area contributed by atoms with Crippen LogP contribution in [0.3, 0.4) is 0 Å². The van der Waals surface area contributed by atoms with E-state index < -0.39 is 9.05 Å². The van der Waals surface area contributed by atoms with Crippen LogP contribution in [0, 0.1) is 0 Å². The highest BCUT2D eigenvalue weighted by molar-refractivity contribution is 8.14. The first-order valence-electron chi connectivity index (χ1n) is 6.55. The van der Waals surface area contributed by atoms with Crippen molar-refractivity contribution in [2.45, 2.75) is 36.7 Å². The number of fused-ring (bicyclic) bond motifs is 1. The van der Waals surface area contributed by atoms with Crippen LogP contribution in [0.1, 0.15) is 25.7 Å². The zero-order valence-corrected chi connectivity index (χ0v) is 12.3. The molecule has 0 atom stereocenters. The van der Waals surface area contributed by atoms with E-state index in [1.807, 2.05) is 0 Å². The van der Waals surface area contributed by atoms with Crippen molar-refractivity contribution in [1.82, 2.24) is 4.98 Å². The van der Waals surface area contributed by atoms with Crippen molar-refractivity contribution in [2.75, 3.05) is 0 Å². The molecule has 1 saturated carbocycles. The zero-order valence-electron chi connectivity index (χ0n) is 10.8. The minimum absolute atomic E-state index is 0.0704. The van der Waals surface area contributed by atoms with Gasteiger partial charge in [0.05, 0.1) is 11.0 Å². The molecule has 0 N–H and O–H groups in total. The van der Waals surface area contributed by atoms with E-state index in [2.05, 4.69) is 4.98 Å². The molecule has 0 unspecified atom stereocenters. The van der Waals surface area contributed by atoms with Gasteiger partial charge in [-0.25, -0.2) is 8.42 Å². The third-order valence-electron chi connectivity index (χ3n) is 3.55. The fourth-order valence-corrected chi connectivity index (χ4v) is 3.68. The summed E-state index contributed by atoms with van der Waals surface area (Å²) >= 11 is 0. The Hall–Kier alpha value is -1.33. The fourth-order valence-electron chi connectivity index (χ4n) is 2.61. The third kappa shape index (κ3) is 2.60. The van der Waals surface area contributed by atoms with Gasteiger partial charge in [0, 0.05) is 22.3 Å². The van der Waals surface area contributed by atoms with Gasteiger partial charge in [0.15, 0.2) is 0 Å². The third-order valence-corrected chi connectivity index (χ3v) is 4.93. The number of hydrogen-bond donors (Lipinski definition) is 0. The molecule has 6 heteroatoms. The molecule has 2 aromatic rings. The Morgan fingerprint density at radius 2 is 1.95 bits per heavy atom. The highest BCUT2D eigenvalue weighted by Crippen LogP contribution is 2.33. The van der Waals surface area contributed by atoms with Crippen molar-refractivity contribution < 1.29 is 13.2 Å². The van der Waals surface area contributed by atoms with Crippen molar-refractivity contribution in [1.29, 1.82) is 0 Å². The normalized spacial score (nSPS) is 16.6. The number of pyridine rings is 1. The molecule has 1 fully saturated rings. The molecule has 0 spiro atoms. The quantitative estimate of drug-likeness (QED) is 0.814. The van der Waals surface area contributed by atoms with Crippen molar-refractivity contribution in [2.24, 2.45) is 0 Å². The fraction of sp³-hybridized carbons (Fsp3) is 0.357. The minimum Gasteiger partial charge on any atom is -0.488 e. The van der Waals surface area contributed by atoms with E-state index in [1.165, 1.54) is 18.9 Å². The second-order valence-corrected chi connectivity index (χ2v) is 7.46. The maximum atomic E-state index is 11.6. The van der Waals surface area contributed by atoms with Gasteiger partial charge in [-0.3, -0.25) is 4.98 Å². The summed E-state index contributed by atoms with van der Waals surface area (Å²) in [6.07, 6.45) is 6.22. The number of ether oxygens (including phenoxy) is 1. The first-order chi connectivity index (χ1) is 9.55. The lowest BCUT2D eigenvalue weighted by molar-refractivity contribution is 0.212. The van der Waals surface area contributed by atoms with Crippen LogP contribution in [0.25, 0.3) is 10.9 Å². The van der Waals surface area contributed by atoms with Gasteiger partial charge in [-0.15, -0.1) is 0 Å². The van der Waals surface area contributed by atoms with E-state index in [0.29, 0.717) is 16.7 Å². The topological polar surface area (TPSA) is 56.3 Å². The van der Waals surface area contributed by atoms with E-state index in [0.717, 1.165) is 12.8 Å². The van der Waals surface area contributed by atoms with Crippen LogP contribution >= 0.6 is 10.7 Å². The van der Waals surface area contributed by atoms with Crippen LogP contribution in [-0.4, -0.2) is 19.5 Å². The molecule has 20 heavy (non-hydrogen) atoms. The molecule has 106 valence electrons. The summed E-state index contributed by atoms with van der Waals surface area (Å²) in [5.74, 6) is 0.622. The maximum absolute atomic E-state index is 11.6. The van der Waals surface area contributed by atoms with Gasteiger partial charge in [-0.2, -0.15) is 0 Å². The van der Waals surface area contributed by atoms with Gasteiger partial charge in [-0.05, 0) is 49.9 Å². The highest BCUT2D eigenvalue weighted by Gasteiger charge is 2.21. The second kappa shape index (κ2) is 5.22. The molecular weight excluding hydrogens is 298 g/mol. The first-order valence-corrected chi connectivity index (χ1v) is 8.86. The Morgan fingerprint density at radius 3 is 2.65 bits per heavy atom. The molecular formula is C14H14ClNO3S. The van der Waals surface area contributed by atoms with Gasteiger partial charge in [0.2, 0.25) is 0 Å². The maximum Gasteiger partial charge on any atom is 0.261 e. The SMILES string of the molecule is O=S(=O)(Cl)c1ccc(OC2CCCC2)c2ncccc12. The molecule has 3 rings (SSSR count). The molecule has 1 aromatic carbocycles. The molecule has 1 aromatic heterocycles. The first kappa shape index (κ1) is 13.6. The van der Waals surface area contributed by atoms with Gasteiger partial charge in [0.25, 0.3) is 9.05 Å². The van der Waals surface area contributed by atoms with Gasteiger partial charge in [-0.1, -0.05) is 0 Å². The summed E-state index contributed by atoms with van der Waals surface area (Å²) in [7, 11) is 1.67. The lowest BCUT2D eigenvalue weighted by atomic mass is 10.2. The number of hydrogen-bond acceptors (Lipinski definition) is 4. The van der Waals surface area contributed by atoms with Crippen LogP contribution in [-0.2, 0) is 9.05 Å². The molecule has 0 aliphatic heterocycles. The molecule has 1 heterocycles. The van der Waals surface area contributed by atoms with Crippen molar-refractivity contribution >= 4 is 30.6 Å². The van der Waals surface area contributed by atoms with Gasteiger partial charge >= 0.3 is 0 Å². The average Bonchev–Trinajstić information content (AvgIpc) is 2.90. The molecule has 0 saturated heterocycles. The summed E-state index contributed by atoms with van der Waals surface area (Å²) in [4.78, 5) is 4.32. The average molecular weight is 312 g/mol. The number of benzene rings is 1. The van der Waals surface area contributed by atoms with Gasteiger partial charge in [0.1, 0.15) is 11.3 Å². The number of rotatable bonds is 3. The Kier molecular flexibility index (Phi) is 3.56. The summed E-state index contributed by atoms with van der Waals surface area (Å²) in [6, 6.07) is 6.51. The van der Waals surface area contributed by atoms with Crippen LogP contribution in [0.5, 0.6) is 5.75 Å². The molecule has 0 bridgehead atoms. The van der Waals surface area contributed by atoms with E-state index in [-0.39, 0.29) is 11.0 Å². The molecule has 1 aliphatic carbocycles. The minimum atomic E-state index is -3.80. The number of aromatic nitrogens is 1. The summed E-state index contributed by atoms with van der Waals surface area (Å²) < 4.78 is 29.2. The van der Waals surface area contributed by atoms with Crippen molar-refractivity contribution in [3.63, 3.8) is 0 Å². The zero-order chi connectivity index (χ0) is 14.2. The summed E-state index contributed by atoms with van der Waals surface area (Å²) in [5.41, 5.74) is 0.543. The lowest BCUT2D eigenvalue weighted by Gasteiger charge is -2.15. The molecule has 4 nitrogen and oxygen atoms in total. The highest BCUT2D eigenvalue weighted by atomic mass is 35.7. The van der Waals surface area contributed by atoms with E-state index in [9.17, 15) is 8.42 Å². The largest absolute Gasteiger partial charge is 0.488 e. The van der Waals surface area contributed by atoms with E-state index in [4.69, 9.17) is 15.4 Å². The predicted octanol–water partition coefficient (Wildman–Crippen LogP) is 3.48. The van der Waals surface area contributed by atoms with Crippen LogP contribution < -0.4 is 4.74 Å². The van der Waals surface area contributed by atoms with E-state index in [1.54, 1.807) is 24.4 Å². The predicted molar refractivity (Wildman–Crippen MR) is 77.7 cm³/mol. The van der Waals surface area contributed by atoms with Gasteiger partial charge < -0.3 is 4.74 Å². The van der Waals surface area contributed by atoms with E-state index >= 15 is 0 Å². The lowest BCUT2D eigenvalue weighted by Crippen LogP contribution is -2.11. The Balaban J connectivity index is 2.11. The number of halogens is 1. The van der Waals surface area contributed by atoms with Crippen LogP contribution in [0.2, 0.25) is 0 Å². The Labute approximate surface area is 122 Å². The van der Waals surface area contributed by atoms with Crippen molar-refractivity contribution in [3.05, 3.63) is 30.5 Å². The molecule has 0 radical (unpaired) electrons. The Morgan fingerprint density at radius 1 is 1.20 bits per heavy atom. The summed E-state index contributed by atoms with van der Waals surface area (Å²) in [6.45, 7) is 0. The smallest absolute Gasteiger partial charge is 0.261 e. The standard InChI is InChI=1S/C14H14ClNO3S/c15-20(17,18)13-8-7-12(19-10-4-1-2-5-10)14-11(13)6-3-9-16-14/h3,6-10H,1-2,4-5H2. The summed E-state index contributed by atoms with van der Waals surface area (Å²) in [5, 5.41) is 0.498. The van der Waals surface area contributed by atoms with Crippen LogP contribution in [0.15, 0.2) is 35.4 Å². The van der Waals surface area contributed by atoms with Crippen LogP contribution in [0.4, 0.5) is 0 Å². The molecule has 1 aliphatic rings. The number of nitrogens with zero attached hydrogens (tertiary/aromatic N) is 1. The second-order valence-electron chi connectivity index (χ2n) is 4.92. The monoisotopic (exact) mass is 311 g/mol. The van der Waals surface area contributed by atoms with Crippen molar-refractivity contribution in [3.8, 4) is 5.75 Å². The molecule has 0 amide bonds.